The lowest BCUT2D eigenvalue weighted by molar-refractivity contribution is 0.0977. The Labute approximate surface area is 216 Å². The third-order valence-corrected chi connectivity index (χ3v) is 7.06. The van der Waals surface area contributed by atoms with Gasteiger partial charge >= 0.3 is 0 Å². The van der Waals surface area contributed by atoms with Crippen molar-refractivity contribution in [2.75, 3.05) is 11.6 Å². The maximum atomic E-state index is 13.3. The molecule has 1 amide bonds. The number of hydrogen-bond donors (Lipinski definition) is 2. The number of fused-ring (bicyclic) bond motifs is 1. The molecule has 0 bridgehead atoms. The van der Waals surface area contributed by atoms with Crippen LogP contribution in [0.15, 0.2) is 35.3 Å². The topological polar surface area (TPSA) is 136 Å². The first kappa shape index (κ1) is 25.7. The van der Waals surface area contributed by atoms with Crippen LogP contribution in [0.2, 0.25) is 5.15 Å². The predicted molar refractivity (Wildman–Crippen MR) is 141 cm³/mol. The van der Waals surface area contributed by atoms with Gasteiger partial charge in [-0.1, -0.05) is 17.7 Å². The number of sulfonamides is 1. The van der Waals surface area contributed by atoms with E-state index in [0.29, 0.717) is 16.7 Å². The molecule has 0 radical (unpaired) electrons. The molecule has 2 N–H and O–H groups in total. The largest absolute Gasteiger partial charge is 0.377 e. The SMILES string of the molecule is Cc1cc([C@@H](C)Nc2ccc(Cl)nc2C(=O)NS(C)(=O)=O)c2nc(-c3cnc(C)s3)n(C)c(=O)c2c1. The van der Waals surface area contributed by atoms with Gasteiger partial charge in [-0.25, -0.2) is 28.1 Å². The first-order chi connectivity index (χ1) is 16.8. The molecule has 13 heteroatoms. The van der Waals surface area contributed by atoms with Crippen molar-refractivity contribution in [3.8, 4) is 10.7 Å². The Morgan fingerprint density at radius 1 is 1.19 bits per heavy atom. The van der Waals surface area contributed by atoms with Crippen molar-refractivity contribution in [3.05, 3.63) is 67.8 Å². The normalized spacial score (nSPS) is 12.5. The van der Waals surface area contributed by atoms with Crippen molar-refractivity contribution in [2.24, 2.45) is 7.05 Å². The number of aryl methyl sites for hydroxylation is 2. The van der Waals surface area contributed by atoms with Crippen molar-refractivity contribution in [2.45, 2.75) is 26.8 Å². The summed E-state index contributed by atoms with van der Waals surface area (Å²) in [5.41, 5.74) is 1.98. The van der Waals surface area contributed by atoms with Crippen molar-refractivity contribution >= 4 is 55.5 Å². The van der Waals surface area contributed by atoms with E-state index < -0.39 is 22.0 Å². The van der Waals surface area contributed by atoms with Gasteiger partial charge in [-0.2, -0.15) is 0 Å². The Hall–Kier alpha value is -3.35. The molecule has 188 valence electrons. The maximum Gasteiger partial charge on any atom is 0.285 e. The summed E-state index contributed by atoms with van der Waals surface area (Å²) in [6.07, 6.45) is 2.56. The fourth-order valence-corrected chi connectivity index (χ4v) is 5.20. The smallest absolute Gasteiger partial charge is 0.285 e. The van der Waals surface area contributed by atoms with Gasteiger partial charge in [0.2, 0.25) is 10.0 Å². The Kier molecular flexibility index (Phi) is 6.86. The molecular weight excluding hydrogens is 524 g/mol. The van der Waals surface area contributed by atoms with Crippen LogP contribution in [0.5, 0.6) is 0 Å². The zero-order valence-corrected chi connectivity index (χ0v) is 22.5. The van der Waals surface area contributed by atoms with Gasteiger partial charge in [-0.15, -0.1) is 11.3 Å². The molecule has 1 aromatic carbocycles. The van der Waals surface area contributed by atoms with Crippen LogP contribution in [0.25, 0.3) is 21.6 Å². The minimum absolute atomic E-state index is 0.0301. The quantitative estimate of drug-likeness (QED) is 0.350. The Morgan fingerprint density at radius 2 is 1.92 bits per heavy atom. The zero-order valence-electron chi connectivity index (χ0n) is 20.1. The van der Waals surface area contributed by atoms with E-state index >= 15 is 0 Å². The molecule has 0 spiro atoms. The Balaban J connectivity index is 1.83. The van der Waals surface area contributed by atoms with E-state index in [4.69, 9.17) is 16.6 Å². The predicted octanol–water partition coefficient (Wildman–Crippen LogP) is 3.58. The van der Waals surface area contributed by atoms with Crippen molar-refractivity contribution in [1.29, 1.82) is 0 Å². The number of pyridine rings is 1. The lowest BCUT2D eigenvalue weighted by atomic mass is 10.0. The number of nitrogens with zero attached hydrogens (tertiary/aromatic N) is 4. The number of anilines is 1. The van der Waals surface area contributed by atoms with Crippen LogP contribution in [0.1, 0.15) is 39.6 Å². The van der Waals surface area contributed by atoms with E-state index in [1.165, 1.54) is 22.0 Å². The molecule has 0 aliphatic carbocycles. The third-order valence-electron chi connectivity index (χ3n) is 5.39. The van der Waals surface area contributed by atoms with Crippen LogP contribution in [0.3, 0.4) is 0 Å². The summed E-state index contributed by atoms with van der Waals surface area (Å²) in [7, 11) is -2.14. The summed E-state index contributed by atoms with van der Waals surface area (Å²) in [5, 5.41) is 4.54. The molecule has 3 heterocycles. The molecule has 4 rings (SSSR count). The summed E-state index contributed by atoms with van der Waals surface area (Å²) in [5.74, 6) is -0.421. The van der Waals surface area contributed by atoms with Crippen LogP contribution in [-0.4, -0.2) is 40.1 Å². The fraction of sp³-hybridized carbons (Fsp3) is 0.261. The number of aromatic nitrogens is 4. The lowest BCUT2D eigenvalue weighted by Crippen LogP contribution is -2.31. The first-order valence-electron chi connectivity index (χ1n) is 10.7. The number of benzene rings is 1. The van der Waals surface area contributed by atoms with Crippen LogP contribution >= 0.6 is 22.9 Å². The van der Waals surface area contributed by atoms with Crippen molar-refractivity contribution in [3.63, 3.8) is 0 Å². The monoisotopic (exact) mass is 546 g/mol. The molecule has 0 aliphatic heterocycles. The average molecular weight is 547 g/mol. The second-order valence-corrected chi connectivity index (χ2v) is 11.8. The van der Waals surface area contributed by atoms with Gasteiger partial charge in [0.15, 0.2) is 11.5 Å². The van der Waals surface area contributed by atoms with E-state index in [0.717, 1.165) is 27.3 Å². The molecule has 0 fully saturated rings. The molecule has 0 unspecified atom stereocenters. The van der Waals surface area contributed by atoms with E-state index in [1.54, 1.807) is 25.4 Å². The van der Waals surface area contributed by atoms with Crippen molar-refractivity contribution in [1.82, 2.24) is 24.2 Å². The summed E-state index contributed by atoms with van der Waals surface area (Å²) in [6, 6.07) is 6.28. The van der Waals surface area contributed by atoms with Gasteiger partial charge in [-0.3, -0.25) is 14.2 Å². The minimum Gasteiger partial charge on any atom is -0.377 e. The van der Waals surface area contributed by atoms with Crippen molar-refractivity contribution < 1.29 is 13.2 Å². The highest BCUT2D eigenvalue weighted by atomic mass is 35.5. The summed E-state index contributed by atoms with van der Waals surface area (Å²) in [6.45, 7) is 5.60. The minimum atomic E-state index is -3.82. The second-order valence-electron chi connectivity index (χ2n) is 8.39. The number of rotatable bonds is 6. The Bertz CT molecular complexity index is 1680. The molecule has 10 nitrogen and oxygen atoms in total. The number of thiazole rings is 1. The summed E-state index contributed by atoms with van der Waals surface area (Å²) < 4.78 is 26.6. The first-order valence-corrected chi connectivity index (χ1v) is 13.8. The summed E-state index contributed by atoms with van der Waals surface area (Å²) in [4.78, 5) is 39.8. The highest BCUT2D eigenvalue weighted by Gasteiger charge is 2.22. The molecule has 0 saturated heterocycles. The fourth-order valence-electron chi connectivity index (χ4n) is 3.82. The number of carbonyl (C=O) groups is 1. The maximum absolute atomic E-state index is 13.3. The van der Waals surface area contributed by atoms with Crippen LogP contribution in [0, 0.1) is 13.8 Å². The van der Waals surface area contributed by atoms with Crippen LogP contribution in [-0.2, 0) is 17.1 Å². The lowest BCUT2D eigenvalue weighted by Gasteiger charge is -2.20. The highest BCUT2D eigenvalue weighted by molar-refractivity contribution is 7.89. The van der Waals surface area contributed by atoms with Gasteiger partial charge < -0.3 is 5.32 Å². The van der Waals surface area contributed by atoms with Gasteiger partial charge in [0, 0.05) is 18.8 Å². The molecule has 0 aliphatic rings. The number of nitrogens with one attached hydrogen (secondary N) is 2. The number of amides is 1. The highest BCUT2D eigenvalue weighted by Crippen LogP contribution is 2.30. The number of carbonyl (C=O) groups excluding carboxylic acids is 1. The van der Waals surface area contributed by atoms with Gasteiger partial charge in [-0.05, 0) is 44.5 Å². The van der Waals surface area contributed by atoms with E-state index in [-0.39, 0.29) is 22.1 Å². The van der Waals surface area contributed by atoms with E-state index in [1.807, 2.05) is 31.6 Å². The van der Waals surface area contributed by atoms with E-state index in [2.05, 4.69) is 15.3 Å². The average Bonchev–Trinajstić information content (AvgIpc) is 3.22. The van der Waals surface area contributed by atoms with Gasteiger partial charge in [0.25, 0.3) is 11.5 Å². The summed E-state index contributed by atoms with van der Waals surface area (Å²) >= 11 is 7.41. The van der Waals surface area contributed by atoms with E-state index in [9.17, 15) is 18.0 Å². The molecule has 1 atom stereocenters. The molecule has 0 saturated carbocycles. The number of halogens is 1. The molecule has 3 aromatic heterocycles. The van der Waals surface area contributed by atoms with Crippen LogP contribution < -0.4 is 15.6 Å². The molecular formula is C23H23ClN6O4S2. The second kappa shape index (κ2) is 9.60. The molecule has 36 heavy (non-hydrogen) atoms. The number of hydrogen-bond acceptors (Lipinski definition) is 9. The van der Waals surface area contributed by atoms with Crippen LogP contribution in [0.4, 0.5) is 5.69 Å². The zero-order chi connectivity index (χ0) is 26.4. The van der Waals surface area contributed by atoms with Gasteiger partial charge in [0.1, 0.15) is 5.15 Å². The standard InChI is InChI=1S/C23H23ClN6O4S2/c1-11-8-14(12(2)26-16-6-7-18(24)27-20(16)22(31)29-36(5,33)34)19-15(9-11)23(32)30(4)21(28-19)17-10-25-13(3)35-17/h6-10,12,26H,1-5H3,(H,29,31)/t12-/m1/s1. The third kappa shape index (κ3) is 5.25. The molecule has 4 aromatic rings. The van der Waals surface area contributed by atoms with Gasteiger partial charge in [0.05, 0.1) is 38.8 Å². The Morgan fingerprint density at radius 3 is 2.56 bits per heavy atom.